The van der Waals surface area contributed by atoms with Gasteiger partial charge in [0.05, 0.1) is 41.2 Å². The monoisotopic (exact) mass is 591 g/mol. The van der Waals surface area contributed by atoms with Crippen molar-refractivity contribution < 1.29 is 39.5 Å². The number of halogens is 6. The zero-order valence-electron chi connectivity index (χ0n) is 22.1. The van der Waals surface area contributed by atoms with Gasteiger partial charge in [-0.25, -0.2) is 8.42 Å². The molecule has 2 aliphatic heterocycles. The summed E-state index contributed by atoms with van der Waals surface area (Å²) in [5, 5.41) is 13.5. The number of hydrogen-bond donors (Lipinski definition) is 1. The largest absolute Gasteiger partial charge is 0.416 e. The van der Waals surface area contributed by atoms with Gasteiger partial charge in [0, 0.05) is 18.5 Å². The lowest BCUT2D eigenvalue weighted by molar-refractivity contribution is -0.143. The van der Waals surface area contributed by atoms with E-state index in [1.54, 1.807) is 0 Å². The number of allylic oxidation sites excluding steroid dienone is 3. The number of benzene rings is 1. The first-order chi connectivity index (χ1) is 18.5. The normalized spacial score (nSPS) is 31.7. The van der Waals surface area contributed by atoms with Crippen molar-refractivity contribution in [2.45, 2.75) is 69.1 Å². The number of sulfonamides is 1. The fourth-order valence-electron chi connectivity index (χ4n) is 5.83. The molecule has 3 aliphatic rings. The Balaban J connectivity index is 1.63. The molecular weight excluding hydrogens is 560 g/mol. The fraction of sp³-hybridized carbons (Fsp3) is 0.593. The van der Waals surface area contributed by atoms with E-state index in [0.717, 1.165) is 0 Å². The van der Waals surface area contributed by atoms with Crippen molar-refractivity contribution in [3.63, 3.8) is 0 Å². The summed E-state index contributed by atoms with van der Waals surface area (Å²) in [6.45, 7) is 3.47. The molecule has 4 atom stereocenters. The molecule has 2 saturated heterocycles. The standard InChI is InChI=1S/C27H31F6N3O3S/c1-19(20-13-21(26(28,29)30)15-22(14-20)27(31,32)33)39-18-25(23(2)7-4-3-5-8-23)10-9-24(16-34,17-35-25)36-11-6-12-40(36,37)38/h3-5,7,13-15,19,35H,6,8-12,17-18H2,1-2H3/t19-,23?,24-,25-/m1/s1. The predicted octanol–water partition coefficient (Wildman–Crippen LogP) is 5.74. The Labute approximate surface area is 229 Å². The van der Waals surface area contributed by atoms with Crippen LogP contribution in [-0.4, -0.2) is 49.3 Å². The van der Waals surface area contributed by atoms with Crippen LogP contribution < -0.4 is 5.32 Å². The lowest BCUT2D eigenvalue weighted by Crippen LogP contribution is -2.69. The van der Waals surface area contributed by atoms with E-state index in [1.807, 2.05) is 31.2 Å². The lowest BCUT2D eigenvalue weighted by atomic mass is 9.62. The maximum atomic E-state index is 13.4. The molecule has 2 heterocycles. The maximum Gasteiger partial charge on any atom is 0.416 e. The van der Waals surface area contributed by atoms with Crippen LogP contribution >= 0.6 is 0 Å². The van der Waals surface area contributed by atoms with Gasteiger partial charge in [-0.15, -0.1) is 0 Å². The first-order valence-electron chi connectivity index (χ1n) is 12.9. The summed E-state index contributed by atoms with van der Waals surface area (Å²) in [4.78, 5) is 0. The third-order valence-electron chi connectivity index (χ3n) is 8.47. The summed E-state index contributed by atoms with van der Waals surface area (Å²) in [5.41, 5.74) is -5.91. The number of nitrogens with zero attached hydrogens (tertiary/aromatic N) is 2. The highest BCUT2D eigenvalue weighted by molar-refractivity contribution is 7.89. The molecular formula is C27H31F6N3O3S. The minimum Gasteiger partial charge on any atom is -0.372 e. The fourth-order valence-corrected chi connectivity index (χ4v) is 7.68. The molecule has 1 aromatic carbocycles. The second-order valence-corrected chi connectivity index (χ2v) is 13.0. The highest BCUT2D eigenvalue weighted by atomic mass is 32.2. The number of nitrogens with one attached hydrogen (secondary N) is 1. The molecule has 6 nitrogen and oxygen atoms in total. The van der Waals surface area contributed by atoms with Gasteiger partial charge in [0.2, 0.25) is 10.0 Å². The van der Waals surface area contributed by atoms with E-state index in [0.29, 0.717) is 25.0 Å². The van der Waals surface area contributed by atoms with Crippen molar-refractivity contribution in [2.75, 3.05) is 25.4 Å². The Bertz CT molecular complexity index is 1290. The molecule has 13 heteroatoms. The molecule has 0 amide bonds. The number of ether oxygens (including phenoxy) is 1. The molecule has 1 unspecified atom stereocenters. The van der Waals surface area contributed by atoms with Gasteiger partial charge in [-0.05, 0) is 56.4 Å². The van der Waals surface area contributed by atoms with Gasteiger partial charge in [-0.3, -0.25) is 0 Å². The van der Waals surface area contributed by atoms with Crippen LogP contribution in [0.2, 0.25) is 0 Å². The van der Waals surface area contributed by atoms with Gasteiger partial charge in [-0.2, -0.15) is 35.9 Å². The minimum atomic E-state index is -4.98. The Kier molecular flexibility index (Phi) is 7.99. The van der Waals surface area contributed by atoms with Crippen LogP contribution in [0.4, 0.5) is 26.3 Å². The van der Waals surface area contributed by atoms with Crippen molar-refractivity contribution in [2.24, 2.45) is 5.41 Å². The van der Waals surface area contributed by atoms with Crippen molar-refractivity contribution in [3.8, 4) is 6.07 Å². The Morgan fingerprint density at radius 2 is 1.75 bits per heavy atom. The first-order valence-corrected chi connectivity index (χ1v) is 14.5. The Morgan fingerprint density at radius 3 is 2.20 bits per heavy atom. The predicted molar refractivity (Wildman–Crippen MR) is 135 cm³/mol. The van der Waals surface area contributed by atoms with Gasteiger partial charge in [0.25, 0.3) is 0 Å². The van der Waals surface area contributed by atoms with Crippen LogP contribution in [0.5, 0.6) is 0 Å². The highest BCUT2D eigenvalue weighted by Crippen LogP contribution is 2.47. The van der Waals surface area contributed by atoms with Gasteiger partial charge in [-0.1, -0.05) is 31.2 Å². The zero-order chi connectivity index (χ0) is 29.6. The molecule has 0 spiro atoms. The van der Waals surface area contributed by atoms with Crippen LogP contribution in [0.25, 0.3) is 0 Å². The maximum absolute atomic E-state index is 13.4. The first kappa shape index (κ1) is 30.6. The molecule has 40 heavy (non-hydrogen) atoms. The average Bonchev–Trinajstić information content (AvgIpc) is 3.26. The molecule has 220 valence electrons. The zero-order valence-corrected chi connectivity index (χ0v) is 22.9. The summed E-state index contributed by atoms with van der Waals surface area (Å²) in [7, 11) is -3.60. The van der Waals surface area contributed by atoms with E-state index in [4.69, 9.17) is 4.74 Å². The summed E-state index contributed by atoms with van der Waals surface area (Å²) in [6, 6.07) is 3.59. The van der Waals surface area contributed by atoms with Crippen molar-refractivity contribution in [1.82, 2.24) is 9.62 Å². The number of nitriles is 1. The molecule has 1 N–H and O–H groups in total. The van der Waals surface area contributed by atoms with Gasteiger partial charge in [0.15, 0.2) is 0 Å². The summed E-state index contributed by atoms with van der Waals surface area (Å²) >= 11 is 0. The van der Waals surface area contributed by atoms with Crippen LogP contribution in [0.3, 0.4) is 0 Å². The third-order valence-corrected chi connectivity index (χ3v) is 10.5. The minimum absolute atomic E-state index is 0.00457. The van der Waals surface area contributed by atoms with E-state index in [-0.39, 0.29) is 49.9 Å². The van der Waals surface area contributed by atoms with Crippen LogP contribution in [0.1, 0.15) is 62.3 Å². The Morgan fingerprint density at radius 1 is 1.10 bits per heavy atom. The molecule has 1 aliphatic carbocycles. The smallest absolute Gasteiger partial charge is 0.372 e. The van der Waals surface area contributed by atoms with E-state index in [9.17, 15) is 40.0 Å². The van der Waals surface area contributed by atoms with E-state index < -0.39 is 56.1 Å². The van der Waals surface area contributed by atoms with E-state index in [2.05, 4.69) is 11.4 Å². The molecule has 0 aromatic heterocycles. The van der Waals surface area contributed by atoms with E-state index >= 15 is 0 Å². The van der Waals surface area contributed by atoms with Crippen LogP contribution in [0.15, 0.2) is 42.5 Å². The second-order valence-electron chi connectivity index (χ2n) is 11.0. The number of hydrogen-bond acceptors (Lipinski definition) is 5. The van der Waals surface area contributed by atoms with Gasteiger partial charge < -0.3 is 10.1 Å². The van der Waals surface area contributed by atoms with Crippen molar-refractivity contribution in [1.29, 1.82) is 5.26 Å². The molecule has 1 aromatic rings. The van der Waals surface area contributed by atoms with Gasteiger partial charge in [0.1, 0.15) is 5.54 Å². The Hall–Kier alpha value is -2.40. The summed E-state index contributed by atoms with van der Waals surface area (Å²) in [6.07, 6.45) is -2.07. The molecule has 0 saturated carbocycles. The lowest BCUT2D eigenvalue weighted by Gasteiger charge is -2.54. The van der Waals surface area contributed by atoms with Crippen LogP contribution in [-0.2, 0) is 27.1 Å². The van der Waals surface area contributed by atoms with Crippen LogP contribution in [0, 0.1) is 16.7 Å². The topological polar surface area (TPSA) is 82.4 Å². The number of rotatable bonds is 6. The molecule has 0 bridgehead atoms. The molecule has 0 radical (unpaired) electrons. The second kappa shape index (κ2) is 10.5. The molecule has 2 fully saturated rings. The van der Waals surface area contributed by atoms with E-state index in [1.165, 1.54) is 11.2 Å². The molecule has 4 rings (SSSR count). The number of piperidine rings is 1. The van der Waals surface area contributed by atoms with Crippen molar-refractivity contribution in [3.05, 3.63) is 59.2 Å². The SMILES string of the molecule is C[C@@H](OC[C@@]1(C2(C)C=CC=CC2)CC[C@](C#N)(N2CCCS2(=O)=O)CN1)c1cc(C(F)(F)F)cc(C(F)(F)F)c1. The summed E-state index contributed by atoms with van der Waals surface area (Å²) in [5.74, 6) is -0.0374. The average molecular weight is 592 g/mol. The van der Waals surface area contributed by atoms with Gasteiger partial charge >= 0.3 is 12.4 Å². The summed E-state index contributed by atoms with van der Waals surface area (Å²) < 4.78 is 113. The quantitative estimate of drug-likeness (QED) is 0.427. The van der Waals surface area contributed by atoms with Crippen molar-refractivity contribution >= 4 is 10.0 Å². The highest BCUT2D eigenvalue weighted by Gasteiger charge is 2.56. The third kappa shape index (κ3) is 5.68. The number of alkyl halides is 6.